The molecule has 0 aliphatic heterocycles. The Morgan fingerprint density at radius 3 is 2.35 bits per heavy atom. The van der Waals surface area contributed by atoms with Crippen molar-refractivity contribution in [1.29, 1.82) is 0 Å². The van der Waals surface area contributed by atoms with Crippen molar-refractivity contribution in [2.75, 3.05) is 5.32 Å². The maximum atomic E-state index is 12.9. The molecule has 0 amide bonds. The zero-order valence-electron chi connectivity index (χ0n) is 14.1. The van der Waals surface area contributed by atoms with Gasteiger partial charge in [-0.15, -0.1) is 0 Å². The molecule has 1 heterocycles. The van der Waals surface area contributed by atoms with Crippen LogP contribution in [0, 0.1) is 6.92 Å². The fourth-order valence-electron chi connectivity index (χ4n) is 2.43. The number of carbonyl (C=O) groups is 1. The van der Waals surface area contributed by atoms with Crippen LogP contribution in [0.3, 0.4) is 0 Å². The van der Waals surface area contributed by atoms with Crippen LogP contribution >= 0.6 is 11.6 Å². The van der Waals surface area contributed by atoms with Gasteiger partial charge in [0, 0.05) is 16.7 Å². The second kappa shape index (κ2) is 8.13. The molecule has 0 aliphatic carbocycles. The molecule has 0 fully saturated rings. The van der Waals surface area contributed by atoms with Crippen molar-refractivity contribution >= 4 is 41.5 Å². The number of ketones is 1. The summed E-state index contributed by atoms with van der Waals surface area (Å²) >= 11 is 11.6. The van der Waals surface area contributed by atoms with E-state index in [1.165, 1.54) is 0 Å². The van der Waals surface area contributed by atoms with E-state index in [0.29, 0.717) is 16.4 Å². The summed E-state index contributed by atoms with van der Waals surface area (Å²) in [6.45, 7) is 1.98. The Bertz CT molecular complexity index is 953. The molecule has 0 atom stereocenters. The van der Waals surface area contributed by atoms with Gasteiger partial charge in [-0.05, 0) is 36.1 Å². The molecule has 26 heavy (non-hydrogen) atoms. The van der Waals surface area contributed by atoms with Gasteiger partial charge >= 0.3 is 0 Å². The number of anilines is 1. The molecule has 0 saturated carbocycles. The third-order valence-corrected chi connectivity index (χ3v) is 4.41. The van der Waals surface area contributed by atoms with Crippen molar-refractivity contribution < 1.29 is 9.36 Å². The van der Waals surface area contributed by atoms with Crippen LogP contribution in [0.4, 0.5) is 5.69 Å². The van der Waals surface area contributed by atoms with Crippen LogP contribution in [0.1, 0.15) is 15.9 Å². The molecule has 3 rings (SSSR count). The average molecular weight is 381 g/mol. The number of carbonyl (C=O) groups excluding carboxylic acids is 1. The minimum absolute atomic E-state index is 0.199. The lowest BCUT2D eigenvalue weighted by molar-refractivity contribution is -0.580. The molecular formula is C21H17ClN2OS. The zero-order chi connectivity index (χ0) is 18.5. The molecule has 5 heteroatoms. The smallest absolute Gasteiger partial charge is 0.268 e. The van der Waals surface area contributed by atoms with Gasteiger partial charge in [-0.25, -0.2) is 9.88 Å². The Hall–Kier alpha value is -2.69. The van der Waals surface area contributed by atoms with Crippen molar-refractivity contribution in [3.05, 3.63) is 100 Å². The molecule has 3 aromatic rings. The first-order valence-corrected chi connectivity index (χ1v) is 8.85. The number of halogens is 1. The van der Waals surface area contributed by atoms with E-state index in [1.807, 2.05) is 61.8 Å². The number of hydrogen-bond donors (Lipinski definition) is 1. The van der Waals surface area contributed by atoms with Gasteiger partial charge in [0.1, 0.15) is 5.69 Å². The van der Waals surface area contributed by atoms with Gasteiger partial charge in [-0.1, -0.05) is 53.6 Å². The zero-order valence-corrected chi connectivity index (χ0v) is 15.7. The van der Waals surface area contributed by atoms with Crippen LogP contribution in [-0.4, -0.2) is 5.78 Å². The van der Waals surface area contributed by atoms with E-state index in [0.717, 1.165) is 11.3 Å². The Morgan fingerprint density at radius 1 is 1.00 bits per heavy atom. The van der Waals surface area contributed by atoms with Crippen LogP contribution < -0.4 is 9.88 Å². The molecule has 0 aliphatic rings. The third kappa shape index (κ3) is 4.28. The van der Waals surface area contributed by atoms with Crippen LogP contribution in [0.25, 0.3) is 5.82 Å². The number of benzene rings is 2. The Morgan fingerprint density at radius 2 is 1.69 bits per heavy atom. The summed E-state index contributed by atoms with van der Waals surface area (Å²) in [5.41, 5.74) is 2.40. The number of aryl methyl sites for hydroxylation is 1. The van der Waals surface area contributed by atoms with Crippen molar-refractivity contribution in [2.45, 2.75) is 6.92 Å². The number of pyridine rings is 1. The van der Waals surface area contributed by atoms with E-state index in [9.17, 15) is 4.79 Å². The number of nitrogens with zero attached hydrogens (tertiary/aromatic N) is 1. The highest BCUT2D eigenvalue weighted by atomic mass is 35.5. The topological polar surface area (TPSA) is 33.0 Å². The van der Waals surface area contributed by atoms with Gasteiger partial charge in [0.15, 0.2) is 5.78 Å². The monoisotopic (exact) mass is 380 g/mol. The van der Waals surface area contributed by atoms with Gasteiger partial charge in [-0.3, -0.25) is 4.79 Å². The lowest BCUT2D eigenvalue weighted by Gasteiger charge is -2.15. The first kappa shape index (κ1) is 18.1. The molecule has 0 spiro atoms. The summed E-state index contributed by atoms with van der Waals surface area (Å²) in [6, 6.07) is 20.3. The fourth-order valence-corrected chi connectivity index (χ4v) is 2.90. The second-order valence-corrected chi connectivity index (χ2v) is 6.64. The Labute approximate surface area is 163 Å². The minimum Gasteiger partial charge on any atom is -0.768 e. The summed E-state index contributed by atoms with van der Waals surface area (Å²) in [7, 11) is 0. The van der Waals surface area contributed by atoms with E-state index in [1.54, 1.807) is 28.8 Å². The summed E-state index contributed by atoms with van der Waals surface area (Å²) in [4.78, 5) is 13.1. The predicted molar refractivity (Wildman–Crippen MR) is 108 cm³/mol. The number of Topliss-reactive ketones (excluding diaryl/α,β-unsaturated/α-hetero) is 1. The van der Waals surface area contributed by atoms with Crippen molar-refractivity contribution in [3.8, 4) is 0 Å². The first-order chi connectivity index (χ1) is 12.5. The molecule has 2 aromatic carbocycles. The molecule has 3 nitrogen and oxygen atoms in total. The van der Waals surface area contributed by atoms with Gasteiger partial charge in [-0.2, -0.15) is 0 Å². The lowest BCUT2D eigenvalue weighted by Crippen LogP contribution is -2.37. The van der Waals surface area contributed by atoms with E-state index in [2.05, 4.69) is 5.32 Å². The standard InChI is InChI=1S/C21H17ClN2OS/c1-15-8-10-16(11-9-15)19(25)20(26)21(24-12-3-2-4-13-24)23-18-7-5-6-17(22)14-18/h2-14H,1H3,(H-,23,25,26). The fraction of sp³-hybridized carbons (Fsp3) is 0.0476. The van der Waals surface area contributed by atoms with E-state index < -0.39 is 0 Å². The van der Waals surface area contributed by atoms with Gasteiger partial charge in [0.2, 0.25) is 0 Å². The maximum Gasteiger partial charge on any atom is 0.268 e. The minimum atomic E-state index is -0.208. The van der Waals surface area contributed by atoms with E-state index in [4.69, 9.17) is 24.2 Å². The van der Waals surface area contributed by atoms with Crippen molar-refractivity contribution in [1.82, 2.24) is 0 Å². The molecule has 1 aromatic heterocycles. The largest absolute Gasteiger partial charge is 0.768 e. The number of hydrogen-bond acceptors (Lipinski definition) is 3. The highest BCUT2D eigenvalue weighted by Crippen LogP contribution is 2.19. The van der Waals surface area contributed by atoms with Crippen LogP contribution in [0.15, 0.2) is 84.0 Å². The molecule has 0 radical (unpaired) electrons. The van der Waals surface area contributed by atoms with Crippen LogP contribution in [0.2, 0.25) is 5.02 Å². The molecule has 0 unspecified atom stereocenters. The summed E-state index contributed by atoms with van der Waals surface area (Å²) in [5.74, 6) is 0.300. The summed E-state index contributed by atoms with van der Waals surface area (Å²) in [6.07, 6.45) is 3.67. The highest BCUT2D eigenvalue weighted by molar-refractivity contribution is 7.65. The summed E-state index contributed by atoms with van der Waals surface area (Å²) in [5, 5.41) is 3.83. The van der Waals surface area contributed by atoms with Crippen LogP contribution in [-0.2, 0) is 12.6 Å². The summed E-state index contributed by atoms with van der Waals surface area (Å²) < 4.78 is 1.79. The SMILES string of the molecule is Cc1ccc(C(=O)/C([S-])=C(\Nc2cccc(Cl)c2)[n+]2ccccc2)cc1. The number of allylic oxidation sites excluding steroid dienone is 1. The Kier molecular flexibility index (Phi) is 5.66. The van der Waals surface area contributed by atoms with Gasteiger partial charge in [0.05, 0.1) is 12.4 Å². The molecule has 0 saturated heterocycles. The van der Waals surface area contributed by atoms with Crippen molar-refractivity contribution in [2.24, 2.45) is 0 Å². The number of aromatic nitrogens is 1. The van der Waals surface area contributed by atoms with E-state index >= 15 is 0 Å². The average Bonchev–Trinajstić information content (AvgIpc) is 2.66. The van der Waals surface area contributed by atoms with Gasteiger partial charge < -0.3 is 12.6 Å². The highest BCUT2D eigenvalue weighted by Gasteiger charge is 2.16. The van der Waals surface area contributed by atoms with Gasteiger partial charge in [0.25, 0.3) is 5.82 Å². The van der Waals surface area contributed by atoms with E-state index in [-0.39, 0.29) is 10.7 Å². The Balaban J connectivity index is 2.05. The van der Waals surface area contributed by atoms with Crippen molar-refractivity contribution in [3.63, 3.8) is 0 Å². The first-order valence-electron chi connectivity index (χ1n) is 8.06. The predicted octanol–water partition coefficient (Wildman–Crippen LogP) is 4.60. The number of rotatable bonds is 5. The lowest BCUT2D eigenvalue weighted by atomic mass is 10.1. The second-order valence-electron chi connectivity index (χ2n) is 5.79. The van der Waals surface area contributed by atoms with Crippen LogP contribution in [0.5, 0.6) is 0 Å². The molecule has 130 valence electrons. The normalized spacial score (nSPS) is 11.6. The molecule has 0 bridgehead atoms. The number of nitrogens with one attached hydrogen (secondary N) is 1. The third-order valence-electron chi connectivity index (χ3n) is 3.80. The molecule has 1 N–H and O–H groups in total. The molecular weight excluding hydrogens is 364 g/mol. The quantitative estimate of drug-likeness (QED) is 0.304. The maximum absolute atomic E-state index is 12.9.